The Morgan fingerprint density at radius 2 is 2.26 bits per heavy atom. The summed E-state index contributed by atoms with van der Waals surface area (Å²) in [6.07, 6.45) is 6.57. The van der Waals surface area contributed by atoms with E-state index in [9.17, 15) is 9.59 Å². The second-order valence-electron chi connectivity index (χ2n) is 6.34. The lowest BCUT2D eigenvalue weighted by Gasteiger charge is -2.24. The lowest BCUT2D eigenvalue weighted by atomic mass is 10.1. The van der Waals surface area contributed by atoms with E-state index in [1.807, 2.05) is 15.8 Å². The molecule has 2 atom stereocenters. The molecule has 3 heterocycles. The molecule has 2 aliphatic heterocycles. The number of nitrogens with zero attached hydrogens (tertiary/aromatic N) is 3. The summed E-state index contributed by atoms with van der Waals surface area (Å²) >= 11 is 0. The van der Waals surface area contributed by atoms with E-state index in [0.717, 1.165) is 38.8 Å². The largest absolute Gasteiger partial charge is 0.378 e. The molecule has 0 aromatic carbocycles. The van der Waals surface area contributed by atoms with Crippen LogP contribution in [0.1, 0.15) is 45.1 Å². The average molecular weight is 320 g/mol. The Kier molecular flexibility index (Phi) is 4.95. The SMILES string of the molecule is CC(=O)Nc1ccn(C2CCN(C(=O)CC3CCCCO3)C2)n1. The smallest absolute Gasteiger partial charge is 0.225 e. The molecular weight excluding hydrogens is 296 g/mol. The van der Waals surface area contributed by atoms with Gasteiger partial charge in [0.25, 0.3) is 0 Å². The molecule has 0 spiro atoms. The summed E-state index contributed by atoms with van der Waals surface area (Å²) in [5.41, 5.74) is 0. The van der Waals surface area contributed by atoms with Crippen molar-refractivity contribution in [1.29, 1.82) is 0 Å². The Balaban J connectivity index is 1.52. The third kappa shape index (κ3) is 4.10. The van der Waals surface area contributed by atoms with Crippen LogP contribution < -0.4 is 5.32 Å². The van der Waals surface area contributed by atoms with Gasteiger partial charge in [0.15, 0.2) is 5.82 Å². The number of aromatic nitrogens is 2. The van der Waals surface area contributed by atoms with E-state index in [4.69, 9.17) is 4.74 Å². The molecule has 1 N–H and O–H groups in total. The highest BCUT2D eigenvalue weighted by atomic mass is 16.5. The summed E-state index contributed by atoms with van der Waals surface area (Å²) in [4.78, 5) is 25.4. The number of carbonyl (C=O) groups is 2. The monoisotopic (exact) mass is 320 g/mol. The molecule has 2 unspecified atom stereocenters. The molecule has 3 rings (SSSR count). The van der Waals surface area contributed by atoms with Gasteiger partial charge in [0.05, 0.1) is 18.6 Å². The number of rotatable bonds is 4. The molecule has 126 valence electrons. The minimum absolute atomic E-state index is 0.0892. The molecule has 2 saturated heterocycles. The Labute approximate surface area is 136 Å². The zero-order valence-corrected chi connectivity index (χ0v) is 13.5. The van der Waals surface area contributed by atoms with Crippen LogP contribution in [0.15, 0.2) is 12.3 Å². The van der Waals surface area contributed by atoms with Crippen LogP contribution in [-0.2, 0) is 14.3 Å². The molecule has 2 aliphatic rings. The first-order valence-corrected chi connectivity index (χ1v) is 8.34. The van der Waals surface area contributed by atoms with Gasteiger partial charge < -0.3 is 15.0 Å². The first-order valence-electron chi connectivity index (χ1n) is 8.34. The Hall–Kier alpha value is -1.89. The van der Waals surface area contributed by atoms with E-state index in [0.29, 0.717) is 18.8 Å². The van der Waals surface area contributed by atoms with Gasteiger partial charge in [-0.25, -0.2) is 0 Å². The number of hydrogen-bond acceptors (Lipinski definition) is 4. The van der Waals surface area contributed by atoms with Crippen molar-refractivity contribution in [2.75, 3.05) is 25.0 Å². The van der Waals surface area contributed by atoms with Gasteiger partial charge in [0.1, 0.15) is 0 Å². The third-order valence-corrected chi connectivity index (χ3v) is 4.48. The zero-order valence-electron chi connectivity index (χ0n) is 13.5. The maximum atomic E-state index is 12.4. The number of hydrogen-bond donors (Lipinski definition) is 1. The molecule has 0 saturated carbocycles. The van der Waals surface area contributed by atoms with E-state index in [1.165, 1.54) is 6.92 Å². The predicted molar refractivity (Wildman–Crippen MR) is 85.0 cm³/mol. The number of nitrogens with one attached hydrogen (secondary N) is 1. The van der Waals surface area contributed by atoms with Crippen LogP contribution in [0, 0.1) is 0 Å². The molecule has 1 aromatic rings. The number of likely N-dealkylation sites (tertiary alicyclic amines) is 1. The van der Waals surface area contributed by atoms with Gasteiger partial charge in [0.2, 0.25) is 11.8 Å². The van der Waals surface area contributed by atoms with Crippen LogP contribution in [0.4, 0.5) is 5.82 Å². The zero-order chi connectivity index (χ0) is 16.2. The number of ether oxygens (including phenoxy) is 1. The summed E-state index contributed by atoms with van der Waals surface area (Å²) in [6.45, 7) is 3.67. The average Bonchev–Trinajstić information content (AvgIpc) is 3.16. The quantitative estimate of drug-likeness (QED) is 0.914. The van der Waals surface area contributed by atoms with Gasteiger partial charge >= 0.3 is 0 Å². The van der Waals surface area contributed by atoms with Crippen molar-refractivity contribution >= 4 is 17.6 Å². The fourth-order valence-corrected chi connectivity index (χ4v) is 3.26. The molecule has 2 amide bonds. The Morgan fingerprint density at radius 1 is 1.39 bits per heavy atom. The van der Waals surface area contributed by atoms with E-state index < -0.39 is 0 Å². The predicted octanol–water partition coefficient (Wildman–Crippen LogP) is 1.57. The second kappa shape index (κ2) is 7.12. The number of carbonyl (C=O) groups excluding carboxylic acids is 2. The molecule has 0 bridgehead atoms. The van der Waals surface area contributed by atoms with Gasteiger partial charge in [-0.15, -0.1) is 0 Å². The molecule has 1 aromatic heterocycles. The minimum atomic E-state index is -0.133. The second-order valence-corrected chi connectivity index (χ2v) is 6.34. The van der Waals surface area contributed by atoms with Gasteiger partial charge in [-0.1, -0.05) is 0 Å². The first-order chi connectivity index (χ1) is 11.1. The van der Waals surface area contributed by atoms with E-state index >= 15 is 0 Å². The highest BCUT2D eigenvalue weighted by Crippen LogP contribution is 2.24. The molecule has 0 aliphatic carbocycles. The topological polar surface area (TPSA) is 76.5 Å². The van der Waals surface area contributed by atoms with Gasteiger partial charge in [-0.3, -0.25) is 14.3 Å². The van der Waals surface area contributed by atoms with Crippen molar-refractivity contribution in [3.63, 3.8) is 0 Å². The summed E-state index contributed by atoms with van der Waals surface area (Å²) in [5, 5.41) is 7.03. The van der Waals surface area contributed by atoms with Gasteiger partial charge in [-0.05, 0) is 25.7 Å². The fraction of sp³-hybridized carbons (Fsp3) is 0.688. The summed E-state index contributed by atoms with van der Waals surface area (Å²) in [6, 6.07) is 1.95. The van der Waals surface area contributed by atoms with Gasteiger partial charge in [0, 0.05) is 38.9 Å². The van der Waals surface area contributed by atoms with Crippen molar-refractivity contribution in [3.05, 3.63) is 12.3 Å². The number of anilines is 1. The van der Waals surface area contributed by atoms with Crippen LogP contribution in [0.3, 0.4) is 0 Å². The van der Waals surface area contributed by atoms with E-state index in [-0.39, 0.29) is 24.0 Å². The van der Waals surface area contributed by atoms with Crippen LogP contribution in [0.25, 0.3) is 0 Å². The highest BCUT2D eigenvalue weighted by Gasteiger charge is 2.29. The highest BCUT2D eigenvalue weighted by molar-refractivity contribution is 5.87. The van der Waals surface area contributed by atoms with Crippen molar-refractivity contribution in [2.45, 2.75) is 51.2 Å². The Bertz CT molecular complexity index is 565. The summed E-state index contributed by atoms with van der Waals surface area (Å²) in [7, 11) is 0. The van der Waals surface area contributed by atoms with Crippen LogP contribution >= 0.6 is 0 Å². The number of amides is 2. The first kappa shape index (κ1) is 16.0. The molecule has 0 radical (unpaired) electrons. The molecule has 7 heteroatoms. The lowest BCUT2D eigenvalue weighted by Crippen LogP contribution is -2.33. The van der Waals surface area contributed by atoms with Crippen LogP contribution in [-0.4, -0.2) is 52.3 Å². The standard InChI is InChI=1S/C16H24N4O3/c1-12(21)17-15-6-8-20(18-15)13-5-7-19(11-13)16(22)10-14-4-2-3-9-23-14/h6,8,13-14H,2-5,7,9-11H2,1H3,(H,17,18,21). The fourth-order valence-electron chi connectivity index (χ4n) is 3.26. The third-order valence-electron chi connectivity index (χ3n) is 4.48. The van der Waals surface area contributed by atoms with Crippen LogP contribution in [0.5, 0.6) is 0 Å². The lowest BCUT2D eigenvalue weighted by molar-refractivity contribution is -0.134. The minimum Gasteiger partial charge on any atom is -0.378 e. The van der Waals surface area contributed by atoms with Crippen molar-refractivity contribution in [1.82, 2.24) is 14.7 Å². The van der Waals surface area contributed by atoms with E-state index in [1.54, 1.807) is 6.07 Å². The summed E-state index contributed by atoms with van der Waals surface area (Å²) in [5.74, 6) is 0.595. The van der Waals surface area contributed by atoms with Crippen molar-refractivity contribution in [2.24, 2.45) is 0 Å². The normalized spacial score (nSPS) is 24.7. The maximum Gasteiger partial charge on any atom is 0.225 e. The van der Waals surface area contributed by atoms with Crippen LogP contribution in [0.2, 0.25) is 0 Å². The van der Waals surface area contributed by atoms with Crippen molar-refractivity contribution in [3.8, 4) is 0 Å². The molecule has 7 nitrogen and oxygen atoms in total. The molecule has 23 heavy (non-hydrogen) atoms. The maximum absolute atomic E-state index is 12.4. The van der Waals surface area contributed by atoms with E-state index in [2.05, 4.69) is 10.4 Å². The Morgan fingerprint density at radius 3 is 3.00 bits per heavy atom. The molecule has 2 fully saturated rings. The van der Waals surface area contributed by atoms with Crippen molar-refractivity contribution < 1.29 is 14.3 Å². The van der Waals surface area contributed by atoms with Gasteiger partial charge in [-0.2, -0.15) is 5.10 Å². The molecular formula is C16H24N4O3. The summed E-state index contributed by atoms with van der Waals surface area (Å²) < 4.78 is 7.50.